The van der Waals surface area contributed by atoms with Gasteiger partial charge in [0.1, 0.15) is 24.7 Å². The van der Waals surface area contributed by atoms with E-state index in [1.54, 1.807) is 0 Å². The minimum absolute atomic E-state index is 0.0889. The second-order valence-electron chi connectivity index (χ2n) is 8.31. The Balaban J connectivity index is 1.63. The summed E-state index contributed by atoms with van der Waals surface area (Å²) in [7, 11) is 1.36. The Morgan fingerprint density at radius 1 is 0.743 bits per heavy atom. The van der Waals surface area contributed by atoms with Gasteiger partial charge in [-0.25, -0.2) is 0 Å². The van der Waals surface area contributed by atoms with Crippen molar-refractivity contribution >= 4 is 11.9 Å². The van der Waals surface area contributed by atoms with Crippen LogP contribution in [0.1, 0.15) is 42.9 Å². The van der Waals surface area contributed by atoms with E-state index >= 15 is 0 Å². The van der Waals surface area contributed by atoms with E-state index in [1.165, 1.54) is 7.11 Å². The lowest BCUT2D eigenvalue weighted by molar-refractivity contribution is -0.147. The number of rotatable bonds is 13. The molecule has 0 N–H and O–H groups in total. The van der Waals surface area contributed by atoms with Gasteiger partial charge in [-0.05, 0) is 48.6 Å². The highest BCUT2D eigenvalue weighted by molar-refractivity contribution is 5.73. The molecule has 0 bridgehead atoms. The summed E-state index contributed by atoms with van der Waals surface area (Å²) in [5.41, 5.74) is 2.83. The first-order chi connectivity index (χ1) is 17.0. The third kappa shape index (κ3) is 9.53. The van der Waals surface area contributed by atoms with E-state index in [4.69, 9.17) is 14.2 Å². The minimum atomic E-state index is -0.343. The number of benzene rings is 3. The molecular weight excluding hydrogens is 444 g/mol. The third-order valence-corrected chi connectivity index (χ3v) is 5.34. The van der Waals surface area contributed by atoms with Gasteiger partial charge >= 0.3 is 11.9 Å². The zero-order valence-electron chi connectivity index (χ0n) is 20.3. The van der Waals surface area contributed by atoms with E-state index in [0.717, 1.165) is 16.7 Å². The van der Waals surface area contributed by atoms with Crippen LogP contribution in [-0.4, -0.2) is 25.2 Å². The molecule has 1 atom stereocenters. The quantitative estimate of drug-likeness (QED) is 0.296. The highest BCUT2D eigenvalue weighted by Gasteiger charge is 2.14. The van der Waals surface area contributed by atoms with Gasteiger partial charge in [0, 0.05) is 12.5 Å². The lowest BCUT2D eigenvalue weighted by Gasteiger charge is -2.15. The molecule has 3 aromatic rings. The molecule has 0 amide bonds. The molecule has 6 nitrogen and oxygen atoms in total. The second-order valence-corrected chi connectivity index (χ2v) is 8.31. The molecule has 35 heavy (non-hydrogen) atoms. The van der Waals surface area contributed by atoms with Gasteiger partial charge in [-0.15, -0.1) is 0 Å². The van der Waals surface area contributed by atoms with Crippen molar-refractivity contribution in [3.63, 3.8) is 0 Å². The Bertz CT molecular complexity index is 1000. The zero-order chi connectivity index (χ0) is 24.9. The Hall–Kier alpha value is -3.80. The highest BCUT2D eigenvalue weighted by Crippen LogP contribution is 2.25. The SMILES string of the molecule is COC(=O)CCC[C@H](C)OC(=O)Cc1cc(OCc2ccccc2)cc(OCc2ccccc2)c1. The predicted molar refractivity (Wildman–Crippen MR) is 133 cm³/mol. The van der Waals surface area contributed by atoms with Crippen LogP contribution in [0.3, 0.4) is 0 Å². The summed E-state index contributed by atoms with van der Waals surface area (Å²) in [6.45, 7) is 2.64. The average Bonchev–Trinajstić information content (AvgIpc) is 2.87. The molecule has 0 saturated carbocycles. The smallest absolute Gasteiger partial charge is 0.310 e. The Morgan fingerprint density at radius 2 is 1.29 bits per heavy atom. The number of hydrogen-bond donors (Lipinski definition) is 0. The molecule has 0 radical (unpaired) electrons. The number of methoxy groups -OCH3 is 1. The Kier molecular flexibility index (Phi) is 10.2. The van der Waals surface area contributed by atoms with Crippen LogP contribution >= 0.6 is 0 Å². The van der Waals surface area contributed by atoms with Crippen molar-refractivity contribution in [2.75, 3.05) is 7.11 Å². The molecule has 184 valence electrons. The van der Waals surface area contributed by atoms with Gasteiger partial charge in [0.25, 0.3) is 0 Å². The third-order valence-electron chi connectivity index (χ3n) is 5.34. The van der Waals surface area contributed by atoms with Gasteiger partial charge in [0.05, 0.1) is 19.6 Å². The van der Waals surface area contributed by atoms with Crippen LogP contribution in [0.2, 0.25) is 0 Å². The van der Waals surface area contributed by atoms with Gasteiger partial charge in [-0.3, -0.25) is 9.59 Å². The van der Waals surface area contributed by atoms with Crippen molar-refractivity contribution in [2.24, 2.45) is 0 Å². The summed E-state index contributed by atoms with van der Waals surface area (Å²) < 4.78 is 22.2. The molecule has 0 heterocycles. The van der Waals surface area contributed by atoms with Crippen molar-refractivity contribution < 1.29 is 28.5 Å². The molecule has 6 heteroatoms. The van der Waals surface area contributed by atoms with E-state index in [9.17, 15) is 9.59 Å². The molecule has 0 saturated heterocycles. The molecule has 0 aliphatic heterocycles. The molecule has 0 aliphatic carbocycles. The highest BCUT2D eigenvalue weighted by atomic mass is 16.5. The summed E-state index contributed by atoms with van der Waals surface area (Å²) in [6.07, 6.45) is 1.29. The van der Waals surface area contributed by atoms with E-state index in [2.05, 4.69) is 4.74 Å². The van der Waals surface area contributed by atoms with Crippen molar-refractivity contribution in [1.29, 1.82) is 0 Å². The normalized spacial score (nSPS) is 11.4. The van der Waals surface area contributed by atoms with Crippen LogP contribution in [0.5, 0.6) is 11.5 Å². The number of carbonyl (C=O) groups is 2. The summed E-state index contributed by atoms with van der Waals surface area (Å²) in [4.78, 5) is 23.8. The monoisotopic (exact) mass is 476 g/mol. The summed E-state index contributed by atoms with van der Waals surface area (Å²) >= 11 is 0. The van der Waals surface area contributed by atoms with Crippen LogP contribution in [0, 0.1) is 0 Å². The van der Waals surface area contributed by atoms with Gasteiger partial charge in [-0.2, -0.15) is 0 Å². The molecule has 0 spiro atoms. The number of carbonyl (C=O) groups excluding carboxylic acids is 2. The second kappa shape index (κ2) is 13.8. The molecule has 3 rings (SSSR count). The van der Waals surface area contributed by atoms with Gasteiger partial charge < -0.3 is 18.9 Å². The largest absolute Gasteiger partial charge is 0.489 e. The van der Waals surface area contributed by atoms with Crippen molar-refractivity contribution in [2.45, 2.75) is 51.9 Å². The molecular formula is C29H32O6. The fourth-order valence-electron chi connectivity index (χ4n) is 3.51. The number of ether oxygens (including phenoxy) is 4. The van der Waals surface area contributed by atoms with Gasteiger partial charge in [-0.1, -0.05) is 60.7 Å². The van der Waals surface area contributed by atoms with E-state index in [0.29, 0.717) is 44.0 Å². The summed E-state index contributed by atoms with van der Waals surface area (Å²) in [5.74, 6) is 0.630. The molecule has 0 aromatic heterocycles. The Labute approximate surface area is 206 Å². The maximum atomic E-state index is 12.6. The fourth-order valence-corrected chi connectivity index (χ4v) is 3.51. The van der Waals surface area contributed by atoms with Crippen LogP contribution in [0.25, 0.3) is 0 Å². The minimum Gasteiger partial charge on any atom is -0.489 e. The summed E-state index contributed by atoms with van der Waals surface area (Å²) in [6, 6.07) is 25.3. The first-order valence-corrected chi connectivity index (χ1v) is 11.8. The van der Waals surface area contributed by atoms with Crippen LogP contribution in [0.4, 0.5) is 0 Å². The number of esters is 2. The lowest BCUT2D eigenvalue weighted by atomic mass is 10.1. The molecule has 0 aliphatic rings. The molecule has 3 aromatic carbocycles. The van der Waals surface area contributed by atoms with E-state index in [1.807, 2.05) is 85.8 Å². The van der Waals surface area contributed by atoms with Crippen molar-refractivity contribution in [3.05, 3.63) is 95.6 Å². The van der Waals surface area contributed by atoms with Gasteiger partial charge in [0.2, 0.25) is 0 Å². The average molecular weight is 477 g/mol. The van der Waals surface area contributed by atoms with Crippen molar-refractivity contribution in [1.82, 2.24) is 0 Å². The van der Waals surface area contributed by atoms with E-state index < -0.39 is 0 Å². The first-order valence-electron chi connectivity index (χ1n) is 11.8. The maximum Gasteiger partial charge on any atom is 0.310 e. The van der Waals surface area contributed by atoms with Crippen LogP contribution < -0.4 is 9.47 Å². The topological polar surface area (TPSA) is 71.1 Å². The standard InChI is InChI=1S/C29H32O6/c1-22(10-9-15-28(30)32-2)35-29(31)18-25-16-26(33-20-23-11-5-3-6-12-23)19-27(17-25)34-21-24-13-7-4-8-14-24/h3-8,11-14,16-17,19,22H,9-10,15,18,20-21H2,1-2H3/t22-/m0/s1. The Morgan fingerprint density at radius 3 is 1.80 bits per heavy atom. The van der Waals surface area contributed by atoms with Crippen LogP contribution in [0.15, 0.2) is 78.9 Å². The zero-order valence-corrected chi connectivity index (χ0v) is 20.3. The van der Waals surface area contributed by atoms with Gasteiger partial charge in [0.15, 0.2) is 0 Å². The fraction of sp³-hybridized carbons (Fsp3) is 0.310. The molecule has 0 unspecified atom stereocenters. The predicted octanol–water partition coefficient (Wildman–Crippen LogP) is 5.66. The van der Waals surface area contributed by atoms with E-state index in [-0.39, 0.29) is 24.5 Å². The van der Waals surface area contributed by atoms with Crippen molar-refractivity contribution in [3.8, 4) is 11.5 Å². The maximum absolute atomic E-state index is 12.6. The first kappa shape index (κ1) is 25.8. The molecule has 0 fully saturated rings. The summed E-state index contributed by atoms with van der Waals surface area (Å²) in [5, 5.41) is 0. The lowest BCUT2D eigenvalue weighted by Crippen LogP contribution is -2.17. The number of hydrogen-bond acceptors (Lipinski definition) is 6. The van der Waals surface area contributed by atoms with Crippen LogP contribution in [-0.2, 0) is 38.7 Å².